The van der Waals surface area contributed by atoms with Crippen molar-refractivity contribution >= 4 is 39.2 Å². The van der Waals surface area contributed by atoms with Crippen molar-refractivity contribution in [2.24, 2.45) is 10.8 Å². The molecule has 2 aliphatic rings. The number of allylic oxidation sites excluding steroid dienone is 1. The van der Waals surface area contributed by atoms with Gasteiger partial charge in [-0.05, 0) is 42.6 Å². The molecule has 35 heavy (non-hydrogen) atoms. The van der Waals surface area contributed by atoms with Crippen molar-refractivity contribution in [3.05, 3.63) is 58.2 Å². The van der Waals surface area contributed by atoms with E-state index in [-0.39, 0.29) is 28.0 Å². The Hall–Kier alpha value is -2.38. The van der Waals surface area contributed by atoms with Gasteiger partial charge >= 0.3 is 0 Å². The van der Waals surface area contributed by atoms with E-state index < -0.39 is 0 Å². The Morgan fingerprint density at radius 1 is 1.26 bits per heavy atom. The van der Waals surface area contributed by atoms with Crippen molar-refractivity contribution in [1.29, 1.82) is 0 Å². The topological polar surface area (TPSA) is 55.2 Å². The van der Waals surface area contributed by atoms with Crippen LogP contribution in [-0.4, -0.2) is 38.7 Å². The van der Waals surface area contributed by atoms with E-state index in [1.54, 1.807) is 10.6 Å². The van der Waals surface area contributed by atoms with Gasteiger partial charge in [-0.1, -0.05) is 68.4 Å². The number of aryl methyl sites for hydroxylation is 1. The lowest BCUT2D eigenvalue weighted by atomic mass is 9.65. The highest BCUT2D eigenvalue weighted by Gasteiger charge is 2.50. The minimum absolute atomic E-state index is 0.0760. The van der Waals surface area contributed by atoms with Crippen LogP contribution in [0.2, 0.25) is 0 Å². The second-order valence-electron chi connectivity index (χ2n) is 11.3. The lowest BCUT2D eigenvalue weighted by molar-refractivity contribution is -0.129. The first-order valence-electron chi connectivity index (χ1n) is 12.2. The Bertz CT molecular complexity index is 1360. The van der Waals surface area contributed by atoms with Crippen molar-refractivity contribution in [3.8, 4) is 11.1 Å². The summed E-state index contributed by atoms with van der Waals surface area (Å²) in [6.07, 6.45) is 5.02. The van der Waals surface area contributed by atoms with Crippen LogP contribution >= 0.6 is 23.1 Å². The van der Waals surface area contributed by atoms with Gasteiger partial charge in [0.15, 0.2) is 5.16 Å². The number of rotatable bonds is 6. The maximum absolute atomic E-state index is 13.6. The molecule has 1 aromatic carbocycles. The van der Waals surface area contributed by atoms with Crippen LogP contribution in [0.1, 0.15) is 45.6 Å². The molecule has 5 nitrogen and oxygen atoms in total. The summed E-state index contributed by atoms with van der Waals surface area (Å²) in [7, 11) is 0. The van der Waals surface area contributed by atoms with Crippen LogP contribution in [0.15, 0.2) is 52.3 Å². The van der Waals surface area contributed by atoms with Gasteiger partial charge in [0.2, 0.25) is 5.91 Å². The summed E-state index contributed by atoms with van der Waals surface area (Å²) in [5.41, 5.74) is 3.50. The maximum atomic E-state index is 13.6. The molecule has 2 atom stereocenters. The molecule has 1 amide bonds. The van der Waals surface area contributed by atoms with E-state index in [0.29, 0.717) is 28.0 Å². The molecule has 5 rings (SSSR count). The molecule has 2 aromatic heterocycles. The van der Waals surface area contributed by atoms with Crippen molar-refractivity contribution in [3.63, 3.8) is 0 Å². The quantitative estimate of drug-likeness (QED) is 0.228. The largest absolute Gasteiger partial charge is 0.338 e. The monoisotopic (exact) mass is 507 g/mol. The van der Waals surface area contributed by atoms with Gasteiger partial charge in [-0.15, -0.1) is 17.9 Å². The molecule has 7 heteroatoms. The number of likely N-dealkylation sites (tertiary alicyclic amines) is 1. The average Bonchev–Trinajstić information content (AvgIpc) is 3.32. The zero-order valence-electron chi connectivity index (χ0n) is 21.0. The molecule has 2 fully saturated rings. The zero-order valence-corrected chi connectivity index (χ0v) is 22.6. The van der Waals surface area contributed by atoms with Crippen LogP contribution in [0, 0.1) is 17.8 Å². The van der Waals surface area contributed by atoms with Gasteiger partial charge in [0, 0.05) is 30.1 Å². The summed E-state index contributed by atoms with van der Waals surface area (Å²) in [6.45, 7) is 14.0. The molecule has 184 valence electrons. The fourth-order valence-corrected chi connectivity index (χ4v) is 8.20. The average molecular weight is 508 g/mol. The molecule has 1 saturated carbocycles. The molecule has 1 aliphatic heterocycles. The molecule has 0 radical (unpaired) electrons. The molecule has 1 saturated heterocycles. The number of benzene rings is 1. The molecule has 1 aliphatic carbocycles. The minimum atomic E-state index is -0.0760. The Kier molecular flexibility index (Phi) is 6.20. The standard InChI is InChI=1S/C28H33N3O2S2/c1-6-11-30-25(33)23-21(19-9-7-18(2)8-10-19)14-34-24(23)29-26(30)35-15-22(32)31-17-28(5)13-20(31)12-27(3,4)16-28/h6-10,14,20H,1,11-13,15-17H2,2-5H3/t20-,28+/m0/s1. The fourth-order valence-electron chi connectivity index (χ4n) is 6.31. The fraction of sp³-hybridized carbons (Fsp3) is 0.464. The van der Waals surface area contributed by atoms with E-state index in [1.807, 2.05) is 17.5 Å². The van der Waals surface area contributed by atoms with E-state index in [0.717, 1.165) is 36.9 Å². The van der Waals surface area contributed by atoms with Gasteiger partial charge in [-0.3, -0.25) is 14.2 Å². The van der Waals surface area contributed by atoms with E-state index in [1.165, 1.54) is 28.7 Å². The van der Waals surface area contributed by atoms with E-state index in [4.69, 9.17) is 4.98 Å². The summed E-state index contributed by atoms with van der Waals surface area (Å²) >= 11 is 2.85. The van der Waals surface area contributed by atoms with Crippen LogP contribution in [0.25, 0.3) is 21.3 Å². The third-order valence-electron chi connectivity index (χ3n) is 7.39. The van der Waals surface area contributed by atoms with Gasteiger partial charge in [0.25, 0.3) is 5.56 Å². The number of aromatic nitrogens is 2. The first-order valence-corrected chi connectivity index (χ1v) is 14.1. The molecule has 3 heterocycles. The highest BCUT2D eigenvalue weighted by atomic mass is 32.2. The molecule has 0 unspecified atom stereocenters. The lowest BCUT2D eigenvalue weighted by Crippen LogP contribution is -2.38. The Morgan fingerprint density at radius 3 is 2.71 bits per heavy atom. The summed E-state index contributed by atoms with van der Waals surface area (Å²) < 4.78 is 1.66. The Morgan fingerprint density at radius 2 is 2.00 bits per heavy atom. The van der Waals surface area contributed by atoms with Gasteiger partial charge in [-0.2, -0.15) is 0 Å². The van der Waals surface area contributed by atoms with E-state index in [9.17, 15) is 9.59 Å². The van der Waals surface area contributed by atoms with Crippen LogP contribution in [0.4, 0.5) is 0 Å². The predicted octanol–water partition coefficient (Wildman–Crippen LogP) is 6.14. The molecule has 0 N–H and O–H groups in total. The normalized spacial score (nSPS) is 23.1. The maximum Gasteiger partial charge on any atom is 0.263 e. The molecule has 2 bridgehead atoms. The van der Waals surface area contributed by atoms with Crippen LogP contribution in [0.3, 0.4) is 0 Å². The number of thiophene rings is 1. The highest BCUT2D eigenvalue weighted by Crippen LogP contribution is 2.52. The summed E-state index contributed by atoms with van der Waals surface area (Å²) in [4.78, 5) is 34.6. The first kappa shape index (κ1) is 24.3. The smallest absolute Gasteiger partial charge is 0.263 e. The number of hydrogen-bond acceptors (Lipinski definition) is 5. The number of amides is 1. The van der Waals surface area contributed by atoms with Crippen LogP contribution < -0.4 is 5.56 Å². The number of fused-ring (bicyclic) bond motifs is 3. The Labute approximate surface area is 215 Å². The predicted molar refractivity (Wildman–Crippen MR) is 146 cm³/mol. The summed E-state index contributed by atoms with van der Waals surface area (Å²) in [5, 5.41) is 3.23. The number of hydrogen-bond donors (Lipinski definition) is 0. The minimum Gasteiger partial charge on any atom is -0.338 e. The molecular weight excluding hydrogens is 474 g/mol. The molecular formula is C28H33N3O2S2. The van der Waals surface area contributed by atoms with Crippen LogP contribution in [-0.2, 0) is 11.3 Å². The van der Waals surface area contributed by atoms with Crippen molar-refractivity contribution in [2.75, 3.05) is 12.3 Å². The van der Waals surface area contributed by atoms with Gasteiger partial charge in [-0.25, -0.2) is 4.98 Å². The number of thioether (sulfide) groups is 1. The zero-order chi connectivity index (χ0) is 25.0. The van der Waals surface area contributed by atoms with Crippen molar-refractivity contribution in [1.82, 2.24) is 14.5 Å². The van der Waals surface area contributed by atoms with Gasteiger partial charge in [0.05, 0.1) is 11.1 Å². The number of carbonyl (C=O) groups excluding carboxylic acids is 1. The highest BCUT2D eigenvalue weighted by molar-refractivity contribution is 7.99. The third-order valence-corrected chi connectivity index (χ3v) is 9.23. The van der Waals surface area contributed by atoms with Crippen molar-refractivity contribution < 1.29 is 4.79 Å². The lowest BCUT2D eigenvalue weighted by Gasteiger charge is -2.39. The number of nitrogens with zero attached hydrogens (tertiary/aromatic N) is 3. The van der Waals surface area contributed by atoms with Gasteiger partial charge < -0.3 is 4.90 Å². The molecule has 3 aromatic rings. The van der Waals surface area contributed by atoms with Crippen LogP contribution in [0.5, 0.6) is 0 Å². The third kappa shape index (κ3) is 4.60. The number of carbonyl (C=O) groups is 1. The SMILES string of the molecule is C=CCn1c(SCC(=O)N2C[C@]3(C)C[C@@H]2CC(C)(C)C3)nc2scc(-c3ccc(C)cc3)c2c1=O. The van der Waals surface area contributed by atoms with Gasteiger partial charge in [0.1, 0.15) is 4.83 Å². The first-order chi connectivity index (χ1) is 16.6. The molecule has 0 spiro atoms. The van der Waals surface area contributed by atoms with E-state index >= 15 is 0 Å². The van der Waals surface area contributed by atoms with E-state index in [2.05, 4.69) is 51.3 Å². The summed E-state index contributed by atoms with van der Waals surface area (Å²) in [5.74, 6) is 0.436. The second kappa shape index (κ2) is 8.93. The summed E-state index contributed by atoms with van der Waals surface area (Å²) in [6, 6.07) is 8.52. The Balaban J connectivity index is 1.42. The van der Waals surface area contributed by atoms with Crippen molar-refractivity contribution in [2.45, 2.75) is 64.7 Å². The second-order valence-corrected chi connectivity index (χ2v) is 13.1.